The van der Waals surface area contributed by atoms with Crippen LogP contribution in [0.5, 0.6) is 17.2 Å². The molecule has 2 aliphatic rings. The second-order valence-electron chi connectivity index (χ2n) is 6.35. The third-order valence-electron chi connectivity index (χ3n) is 5.17. The highest BCUT2D eigenvalue weighted by molar-refractivity contribution is 5.45. The van der Waals surface area contributed by atoms with Gasteiger partial charge in [0, 0.05) is 17.4 Å². The van der Waals surface area contributed by atoms with E-state index in [9.17, 15) is 0 Å². The van der Waals surface area contributed by atoms with Crippen LogP contribution in [-0.4, -0.2) is 20.4 Å². The molecule has 3 atom stereocenters. The Labute approximate surface area is 136 Å². The van der Waals surface area contributed by atoms with Crippen molar-refractivity contribution in [1.29, 1.82) is 0 Å². The molecule has 120 valence electrons. The third-order valence-corrected chi connectivity index (χ3v) is 5.17. The number of hydrogen-bond donors (Lipinski definition) is 1. The molecule has 2 aliphatic heterocycles. The fourth-order valence-corrected chi connectivity index (χ4v) is 3.82. The summed E-state index contributed by atoms with van der Waals surface area (Å²) in [7, 11) is 1.70. The lowest BCUT2D eigenvalue weighted by molar-refractivity contribution is -0.680. The molecule has 1 saturated heterocycles. The molecule has 2 aromatic rings. The summed E-state index contributed by atoms with van der Waals surface area (Å²) in [5, 5.41) is 2.45. The van der Waals surface area contributed by atoms with Crippen LogP contribution in [0.2, 0.25) is 0 Å². The first-order valence-corrected chi connectivity index (χ1v) is 8.13. The Bertz CT molecular complexity index is 698. The second kappa shape index (κ2) is 5.78. The van der Waals surface area contributed by atoms with Crippen LogP contribution >= 0.6 is 0 Å². The Hall–Kier alpha value is -2.20. The minimum atomic E-state index is 0.333. The van der Waals surface area contributed by atoms with Gasteiger partial charge in [-0.3, -0.25) is 0 Å². The van der Waals surface area contributed by atoms with Crippen LogP contribution in [0.15, 0.2) is 42.5 Å². The zero-order valence-corrected chi connectivity index (χ0v) is 13.5. The second-order valence-corrected chi connectivity index (χ2v) is 6.35. The summed E-state index contributed by atoms with van der Waals surface area (Å²) in [5.74, 6) is 3.73. The first kappa shape index (κ1) is 14.4. The molecule has 2 aromatic carbocycles. The molecule has 0 spiro atoms. The van der Waals surface area contributed by atoms with Crippen LogP contribution < -0.4 is 19.5 Å². The first-order chi connectivity index (χ1) is 11.3. The highest BCUT2D eigenvalue weighted by Crippen LogP contribution is 2.40. The zero-order valence-electron chi connectivity index (χ0n) is 13.5. The number of quaternary nitrogens is 1. The van der Waals surface area contributed by atoms with Crippen molar-refractivity contribution >= 4 is 0 Å². The average Bonchev–Trinajstić information content (AvgIpc) is 3.20. The quantitative estimate of drug-likeness (QED) is 0.947. The third kappa shape index (κ3) is 2.53. The molecule has 0 amide bonds. The van der Waals surface area contributed by atoms with E-state index < -0.39 is 0 Å². The van der Waals surface area contributed by atoms with Gasteiger partial charge in [0.05, 0.1) is 13.7 Å². The molecule has 1 fully saturated rings. The summed E-state index contributed by atoms with van der Waals surface area (Å²) >= 11 is 0. The average molecular weight is 312 g/mol. The van der Waals surface area contributed by atoms with Crippen molar-refractivity contribution in [3.05, 3.63) is 53.6 Å². The molecular weight excluding hydrogens is 290 g/mol. The molecule has 0 saturated carbocycles. The van der Waals surface area contributed by atoms with E-state index in [1.807, 2.05) is 18.2 Å². The van der Waals surface area contributed by atoms with Crippen LogP contribution in [0.25, 0.3) is 0 Å². The Morgan fingerprint density at radius 1 is 1.00 bits per heavy atom. The van der Waals surface area contributed by atoms with Crippen molar-refractivity contribution in [2.75, 3.05) is 20.4 Å². The molecule has 0 radical (unpaired) electrons. The van der Waals surface area contributed by atoms with Gasteiger partial charge in [-0.25, -0.2) is 0 Å². The van der Waals surface area contributed by atoms with Gasteiger partial charge >= 0.3 is 0 Å². The van der Waals surface area contributed by atoms with Gasteiger partial charge in [-0.05, 0) is 42.0 Å². The number of hydrogen-bond acceptors (Lipinski definition) is 3. The monoisotopic (exact) mass is 312 g/mol. The van der Waals surface area contributed by atoms with Crippen molar-refractivity contribution < 1.29 is 19.5 Å². The SMILES string of the molecule is COc1ccc([C@@H]2[NH2+]C[C@H](c3ccc4c(c3)OCO4)[C@H]2C)cc1. The van der Waals surface area contributed by atoms with Gasteiger partial charge in [0.2, 0.25) is 6.79 Å². The highest BCUT2D eigenvalue weighted by atomic mass is 16.7. The lowest BCUT2D eigenvalue weighted by atomic mass is 9.84. The lowest BCUT2D eigenvalue weighted by Gasteiger charge is -2.17. The fraction of sp³-hybridized carbons (Fsp3) is 0.368. The molecule has 23 heavy (non-hydrogen) atoms. The summed E-state index contributed by atoms with van der Waals surface area (Å²) in [5.41, 5.74) is 2.70. The van der Waals surface area contributed by atoms with Gasteiger partial charge in [0.15, 0.2) is 11.5 Å². The minimum Gasteiger partial charge on any atom is -0.497 e. The van der Waals surface area contributed by atoms with E-state index in [1.165, 1.54) is 11.1 Å². The normalized spacial score (nSPS) is 25.6. The molecule has 0 aromatic heterocycles. The fourth-order valence-electron chi connectivity index (χ4n) is 3.82. The maximum atomic E-state index is 5.52. The van der Waals surface area contributed by atoms with Gasteiger partial charge < -0.3 is 19.5 Å². The maximum Gasteiger partial charge on any atom is 0.231 e. The van der Waals surface area contributed by atoms with Crippen LogP contribution in [0, 0.1) is 5.92 Å². The summed E-state index contributed by atoms with van der Waals surface area (Å²) in [6, 6.07) is 15.3. The van der Waals surface area contributed by atoms with Gasteiger partial charge in [0.1, 0.15) is 11.8 Å². The number of fused-ring (bicyclic) bond motifs is 1. The van der Waals surface area contributed by atoms with Gasteiger partial charge in [0.25, 0.3) is 0 Å². The smallest absolute Gasteiger partial charge is 0.231 e. The largest absolute Gasteiger partial charge is 0.497 e. The van der Waals surface area contributed by atoms with E-state index in [2.05, 4.69) is 36.5 Å². The Kier molecular flexibility index (Phi) is 3.62. The predicted octanol–water partition coefficient (Wildman–Crippen LogP) is 2.46. The first-order valence-electron chi connectivity index (χ1n) is 8.13. The molecule has 0 bridgehead atoms. The van der Waals surface area contributed by atoms with Crippen molar-refractivity contribution in [3.8, 4) is 17.2 Å². The molecule has 0 unspecified atom stereocenters. The van der Waals surface area contributed by atoms with E-state index in [-0.39, 0.29) is 0 Å². The number of methoxy groups -OCH3 is 1. The Morgan fingerprint density at radius 3 is 2.52 bits per heavy atom. The van der Waals surface area contributed by atoms with Gasteiger partial charge in [-0.15, -0.1) is 0 Å². The number of nitrogens with two attached hydrogens (primary N) is 1. The van der Waals surface area contributed by atoms with Gasteiger partial charge in [-0.1, -0.05) is 13.0 Å². The van der Waals surface area contributed by atoms with Crippen LogP contribution in [0.4, 0.5) is 0 Å². The molecule has 0 aliphatic carbocycles. The van der Waals surface area contributed by atoms with E-state index in [4.69, 9.17) is 14.2 Å². The maximum absolute atomic E-state index is 5.52. The highest BCUT2D eigenvalue weighted by Gasteiger charge is 2.38. The molecule has 2 heterocycles. The van der Waals surface area contributed by atoms with E-state index >= 15 is 0 Å². The van der Waals surface area contributed by atoms with Crippen molar-refractivity contribution in [2.45, 2.75) is 18.9 Å². The summed E-state index contributed by atoms with van der Waals surface area (Å²) in [4.78, 5) is 0. The van der Waals surface area contributed by atoms with E-state index in [1.54, 1.807) is 7.11 Å². The Morgan fingerprint density at radius 2 is 1.74 bits per heavy atom. The molecule has 2 N–H and O–H groups in total. The van der Waals surface area contributed by atoms with Crippen LogP contribution in [-0.2, 0) is 0 Å². The molecule has 4 nitrogen and oxygen atoms in total. The lowest BCUT2D eigenvalue weighted by Crippen LogP contribution is -2.82. The number of benzene rings is 2. The van der Waals surface area contributed by atoms with Crippen molar-refractivity contribution in [2.24, 2.45) is 5.92 Å². The molecular formula is C19H22NO3+. The topological polar surface area (TPSA) is 44.3 Å². The van der Waals surface area contributed by atoms with E-state index in [0.29, 0.717) is 24.7 Å². The van der Waals surface area contributed by atoms with Crippen LogP contribution in [0.3, 0.4) is 0 Å². The standard InChI is InChI=1S/C19H21NO3/c1-12-16(14-5-8-17-18(9-14)23-11-22-17)10-20-19(12)13-3-6-15(21-2)7-4-13/h3-9,12,16,19-20H,10-11H2,1-2H3/p+1/t12-,16+,19-/m1/s1. The predicted molar refractivity (Wildman–Crippen MR) is 87.0 cm³/mol. The molecule has 4 rings (SSSR count). The van der Waals surface area contributed by atoms with Crippen molar-refractivity contribution in [3.63, 3.8) is 0 Å². The zero-order chi connectivity index (χ0) is 15.8. The Balaban J connectivity index is 1.56. The van der Waals surface area contributed by atoms with E-state index in [0.717, 1.165) is 23.8 Å². The summed E-state index contributed by atoms with van der Waals surface area (Å²) in [6.07, 6.45) is 0. The number of ether oxygens (including phenoxy) is 3. The molecule has 4 heteroatoms. The number of rotatable bonds is 3. The van der Waals surface area contributed by atoms with Crippen LogP contribution in [0.1, 0.15) is 30.0 Å². The van der Waals surface area contributed by atoms with Crippen molar-refractivity contribution in [1.82, 2.24) is 0 Å². The summed E-state index contributed by atoms with van der Waals surface area (Å²) < 4.78 is 16.2. The van der Waals surface area contributed by atoms with Gasteiger partial charge in [-0.2, -0.15) is 0 Å². The summed E-state index contributed by atoms with van der Waals surface area (Å²) in [6.45, 7) is 3.77. The minimum absolute atomic E-state index is 0.333.